The van der Waals surface area contributed by atoms with E-state index < -0.39 is 5.54 Å². The monoisotopic (exact) mass is 394 g/mol. The zero-order valence-electron chi connectivity index (χ0n) is 17.2. The van der Waals surface area contributed by atoms with Crippen LogP contribution in [0.4, 0.5) is 11.4 Å². The minimum absolute atomic E-state index is 0.144. The van der Waals surface area contributed by atoms with Gasteiger partial charge in [-0.1, -0.05) is 24.3 Å². The van der Waals surface area contributed by atoms with Crippen molar-refractivity contribution in [3.05, 3.63) is 59.7 Å². The Morgan fingerprint density at radius 1 is 1.03 bits per heavy atom. The first-order valence-electron chi connectivity index (χ1n) is 10.3. The molecule has 1 aliphatic carbocycles. The number of carbonyl (C=O) groups excluding carboxylic acids is 2. The first-order valence-corrected chi connectivity index (χ1v) is 10.3. The third kappa shape index (κ3) is 4.59. The zero-order chi connectivity index (χ0) is 20.9. The fourth-order valence-electron chi connectivity index (χ4n) is 4.01. The second kappa shape index (κ2) is 9.09. The van der Waals surface area contributed by atoms with Gasteiger partial charge in [-0.15, -0.1) is 0 Å². The number of anilines is 2. The van der Waals surface area contributed by atoms with Crippen molar-refractivity contribution in [1.82, 2.24) is 5.32 Å². The number of nitrogens with one attached hydrogen (secondary N) is 2. The highest BCUT2D eigenvalue weighted by Crippen LogP contribution is 2.30. The molecule has 0 saturated heterocycles. The van der Waals surface area contributed by atoms with E-state index in [1.54, 1.807) is 0 Å². The van der Waals surface area contributed by atoms with Crippen molar-refractivity contribution >= 4 is 23.2 Å². The van der Waals surface area contributed by atoms with Crippen LogP contribution in [-0.4, -0.2) is 37.0 Å². The molecule has 3 rings (SSSR count). The number of hydrogen-bond donors (Lipinski definition) is 3. The number of fused-ring (bicyclic) bond motifs is 1. The molecule has 0 radical (unpaired) electrons. The summed E-state index contributed by atoms with van der Waals surface area (Å²) in [6.45, 7) is 5.94. The lowest BCUT2D eigenvalue weighted by Gasteiger charge is -2.37. The quantitative estimate of drug-likeness (QED) is 0.673. The molecule has 0 bridgehead atoms. The Bertz CT molecular complexity index is 861. The van der Waals surface area contributed by atoms with Gasteiger partial charge in [0.15, 0.2) is 0 Å². The fraction of sp³-hybridized carbons (Fsp3) is 0.391. The summed E-state index contributed by atoms with van der Waals surface area (Å²) in [5.74, 6) is -0.527. The molecule has 0 spiro atoms. The van der Waals surface area contributed by atoms with Gasteiger partial charge in [0.25, 0.3) is 0 Å². The van der Waals surface area contributed by atoms with E-state index >= 15 is 0 Å². The van der Waals surface area contributed by atoms with Crippen molar-refractivity contribution in [2.75, 3.05) is 29.9 Å². The molecule has 0 heterocycles. The standard InChI is InChI=1S/C23H30N4O2/c1-3-27(4-2)20-11-9-19(10-12-20)25-22(29)23(26-21(28)16-24)14-13-17-7-5-6-8-18(17)15-23/h5-12H,3-4,13-16,24H2,1-2H3,(H,25,29)(H,26,28). The highest BCUT2D eigenvalue weighted by Gasteiger charge is 2.42. The first kappa shape index (κ1) is 20.9. The summed E-state index contributed by atoms with van der Waals surface area (Å²) in [5.41, 5.74) is 8.66. The molecule has 29 heavy (non-hydrogen) atoms. The van der Waals surface area contributed by atoms with Crippen LogP contribution in [0.25, 0.3) is 0 Å². The Morgan fingerprint density at radius 2 is 1.69 bits per heavy atom. The second-order valence-electron chi connectivity index (χ2n) is 7.45. The molecule has 2 amide bonds. The van der Waals surface area contributed by atoms with Gasteiger partial charge in [0.1, 0.15) is 5.54 Å². The van der Waals surface area contributed by atoms with Gasteiger partial charge in [0.2, 0.25) is 11.8 Å². The van der Waals surface area contributed by atoms with Gasteiger partial charge < -0.3 is 21.3 Å². The van der Waals surface area contributed by atoms with Crippen LogP contribution in [0.1, 0.15) is 31.4 Å². The number of rotatable bonds is 7. The van der Waals surface area contributed by atoms with E-state index in [0.29, 0.717) is 18.5 Å². The van der Waals surface area contributed by atoms with Crippen molar-refractivity contribution in [1.29, 1.82) is 0 Å². The molecule has 1 unspecified atom stereocenters. The van der Waals surface area contributed by atoms with Crippen LogP contribution in [0.3, 0.4) is 0 Å². The molecule has 2 aromatic carbocycles. The Balaban J connectivity index is 1.82. The van der Waals surface area contributed by atoms with E-state index in [1.807, 2.05) is 42.5 Å². The molecule has 2 aromatic rings. The van der Waals surface area contributed by atoms with Crippen LogP contribution < -0.4 is 21.3 Å². The Kier molecular flexibility index (Phi) is 6.54. The number of carbonyl (C=O) groups is 2. The summed E-state index contributed by atoms with van der Waals surface area (Å²) < 4.78 is 0. The number of benzene rings is 2. The third-order valence-corrected chi connectivity index (χ3v) is 5.68. The van der Waals surface area contributed by atoms with Crippen LogP contribution in [0, 0.1) is 0 Å². The average molecular weight is 395 g/mol. The van der Waals surface area contributed by atoms with E-state index in [-0.39, 0.29) is 18.4 Å². The molecule has 6 heteroatoms. The minimum Gasteiger partial charge on any atom is -0.372 e. The number of hydrogen-bond acceptors (Lipinski definition) is 4. The SMILES string of the molecule is CCN(CC)c1ccc(NC(=O)C2(NC(=O)CN)CCc3ccccc3C2)cc1. The third-order valence-electron chi connectivity index (χ3n) is 5.68. The van der Waals surface area contributed by atoms with Gasteiger partial charge in [0.05, 0.1) is 6.54 Å². The molecule has 0 aliphatic heterocycles. The predicted molar refractivity (Wildman–Crippen MR) is 117 cm³/mol. The van der Waals surface area contributed by atoms with Crippen molar-refractivity contribution in [3.63, 3.8) is 0 Å². The minimum atomic E-state index is -0.998. The molecular formula is C23H30N4O2. The first-order chi connectivity index (χ1) is 14.0. The fourth-order valence-corrected chi connectivity index (χ4v) is 4.01. The number of nitrogens with zero attached hydrogens (tertiary/aromatic N) is 1. The molecule has 1 aliphatic rings. The summed E-state index contributed by atoms with van der Waals surface area (Å²) in [6, 6.07) is 15.9. The second-order valence-corrected chi connectivity index (χ2v) is 7.45. The lowest BCUT2D eigenvalue weighted by atomic mass is 9.77. The Morgan fingerprint density at radius 3 is 2.31 bits per heavy atom. The molecular weight excluding hydrogens is 364 g/mol. The normalized spacial score (nSPS) is 17.9. The van der Waals surface area contributed by atoms with E-state index in [4.69, 9.17) is 5.73 Å². The lowest BCUT2D eigenvalue weighted by Crippen LogP contribution is -2.60. The van der Waals surface area contributed by atoms with Crippen molar-refractivity contribution < 1.29 is 9.59 Å². The van der Waals surface area contributed by atoms with Gasteiger partial charge >= 0.3 is 0 Å². The Hall–Kier alpha value is -2.86. The van der Waals surface area contributed by atoms with Crippen molar-refractivity contribution in [3.8, 4) is 0 Å². The Labute approximate surface area is 172 Å². The van der Waals surface area contributed by atoms with Gasteiger partial charge in [-0.2, -0.15) is 0 Å². The van der Waals surface area contributed by atoms with E-state index in [0.717, 1.165) is 30.8 Å². The van der Waals surface area contributed by atoms with Crippen LogP contribution in [0.2, 0.25) is 0 Å². The lowest BCUT2D eigenvalue weighted by molar-refractivity contribution is -0.130. The maximum absolute atomic E-state index is 13.3. The van der Waals surface area contributed by atoms with E-state index in [2.05, 4.69) is 35.4 Å². The van der Waals surface area contributed by atoms with Crippen molar-refractivity contribution in [2.24, 2.45) is 5.73 Å². The maximum atomic E-state index is 13.3. The molecule has 6 nitrogen and oxygen atoms in total. The van der Waals surface area contributed by atoms with Gasteiger partial charge in [-0.25, -0.2) is 0 Å². The van der Waals surface area contributed by atoms with E-state index in [9.17, 15) is 9.59 Å². The van der Waals surface area contributed by atoms with Gasteiger partial charge in [0, 0.05) is 30.9 Å². The van der Waals surface area contributed by atoms with Crippen LogP contribution in [-0.2, 0) is 22.4 Å². The van der Waals surface area contributed by atoms with Crippen LogP contribution in [0.5, 0.6) is 0 Å². The van der Waals surface area contributed by atoms with Gasteiger partial charge in [-0.3, -0.25) is 9.59 Å². The molecule has 154 valence electrons. The molecule has 0 saturated carbocycles. The largest absolute Gasteiger partial charge is 0.372 e. The molecule has 1 atom stereocenters. The molecule has 0 fully saturated rings. The number of aryl methyl sites for hydroxylation is 1. The van der Waals surface area contributed by atoms with Crippen LogP contribution >= 0.6 is 0 Å². The molecule has 4 N–H and O–H groups in total. The van der Waals surface area contributed by atoms with E-state index in [1.165, 1.54) is 5.56 Å². The predicted octanol–water partition coefficient (Wildman–Crippen LogP) is 2.47. The van der Waals surface area contributed by atoms with Crippen LogP contribution in [0.15, 0.2) is 48.5 Å². The summed E-state index contributed by atoms with van der Waals surface area (Å²) in [4.78, 5) is 27.7. The number of nitrogens with two attached hydrogens (primary N) is 1. The summed E-state index contributed by atoms with van der Waals surface area (Å²) in [5, 5.41) is 5.91. The topological polar surface area (TPSA) is 87.5 Å². The van der Waals surface area contributed by atoms with Gasteiger partial charge in [-0.05, 0) is 62.1 Å². The smallest absolute Gasteiger partial charge is 0.250 e. The highest BCUT2D eigenvalue weighted by atomic mass is 16.2. The highest BCUT2D eigenvalue weighted by molar-refractivity contribution is 6.01. The summed E-state index contributed by atoms with van der Waals surface area (Å²) in [6.07, 6.45) is 1.73. The molecule has 0 aromatic heterocycles. The van der Waals surface area contributed by atoms with Crippen molar-refractivity contribution in [2.45, 2.75) is 38.6 Å². The maximum Gasteiger partial charge on any atom is 0.250 e. The summed E-state index contributed by atoms with van der Waals surface area (Å²) >= 11 is 0. The average Bonchev–Trinajstić information content (AvgIpc) is 2.75. The zero-order valence-corrected chi connectivity index (χ0v) is 17.2. The summed E-state index contributed by atoms with van der Waals surface area (Å²) in [7, 11) is 0. The number of amides is 2.